The Hall–Kier alpha value is -1.43. The summed E-state index contributed by atoms with van der Waals surface area (Å²) in [4.78, 5) is 35.9. The third kappa shape index (κ3) is 3.79. The Morgan fingerprint density at radius 3 is 2.45 bits per heavy atom. The van der Waals surface area contributed by atoms with Crippen LogP contribution in [0.15, 0.2) is 0 Å². The summed E-state index contributed by atoms with van der Waals surface area (Å²) in [6.07, 6.45) is 2.87. The third-order valence-electron chi connectivity index (χ3n) is 4.24. The number of nitrogens with one attached hydrogen (secondary N) is 2. The van der Waals surface area contributed by atoms with Crippen molar-refractivity contribution >= 4 is 17.7 Å². The van der Waals surface area contributed by atoms with Crippen molar-refractivity contribution in [2.75, 3.05) is 26.2 Å². The van der Waals surface area contributed by atoms with Crippen LogP contribution < -0.4 is 10.6 Å². The SMILES string of the molecule is CC1(CNC(=O)CCN2C(=O)CCC2=O)CCNCC1. The van der Waals surface area contributed by atoms with Crippen LogP contribution in [0.5, 0.6) is 0 Å². The molecule has 0 aromatic heterocycles. The molecule has 2 aliphatic heterocycles. The summed E-state index contributed by atoms with van der Waals surface area (Å²) in [7, 11) is 0. The summed E-state index contributed by atoms with van der Waals surface area (Å²) in [5.74, 6) is -0.404. The highest BCUT2D eigenvalue weighted by molar-refractivity contribution is 6.02. The molecule has 2 aliphatic rings. The average Bonchev–Trinajstić information content (AvgIpc) is 2.74. The van der Waals surface area contributed by atoms with Crippen LogP contribution in [-0.2, 0) is 14.4 Å². The Morgan fingerprint density at radius 2 is 1.85 bits per heavy atom. The molecule has 0 bridgehead atoms. The van der Waals surface area contributed by atoms with Crippen molar-refractivity contribution in [3.05, 3.63) is 0 Å². The molecular formula is C14H23N3O3. The van der Waals surface area contributed by atoms with Crippen molar-refractivity contribution in [3.63, 3.8) is 0 Å². The van der Waals surface area contributed by atoms with Crippen LogP contribution in [0.25, 0.3) is 0 Å². The molecule has 2 fully saturated rings. The Labute approximate surface area is 119 Å². The van der Waals surface area contributed by atoms with E-state index in [-0.39, 0.29) is 48.9 Å². The van der Waals surface area contributed by atoms with Crippen LogP contribution >= 0.6 is 0 Å². The van der Waals surface area contributed by atoms with E-state index in [0.29, 0.717) is 6.54 Å². The largest absolute Gasteiger partial charge is 0.355 e. The van der Waals surface area contributed by atoms with Crippen molar-refractivity contribution in [2.24, 2.45) is 5.41 Å². The van der Waals surface area contributed by atoms with Gasteiger partial charge >= 0.3 is 0 Å². The minimum absolute atomic E-state index is 0.0859. The van der Waals surface area contributed by atoms with Crippen LogP contribution in [0.3, 0.4) is 0 Å². The number of rotatable bonds is 5. The van der Waals surface area contributed by atoms with E-state index in [2.05, 4.69) is 17.6 Å². The van der Waals surface area contributed by atoms with Crippen molar-refractivity contribution in [2.45, 2.75) is 39.0 Å². The molecule has 0 aromatic carbocycles. The van der Waals surface area contributed by atoms with Gasteiger partial charge in [0.05, 0.1) is 0 Å². The van der Waals surface area contributed by atoms with Gasteiger partial charge in [-0.15, -0.1) is 0 Å². The Kier molecular flexibility index (Phi) is 4.75. The van der Waals surface area contributed by atoms with E-state index < -0.39 is 0 Å². The minimum Gasteiger partial charge on any atom is -0.355 e. The number of carbonyl (C=O) groups excluding carboxylic acids is 3. The second-order valence-electron chi connectivity index (χ2n) is 6.03. The number of hydrogen-bond donors (Lipinski definition) is 2. The Balaban J connectivity index is 1.70. The highest BCUT2D eigenvalue weighted by atomic mass is 16.2. The molecule has 6 nitrogen and oxygen atoms in total. The maximum atomic E-state index is 11.8. The van der Waals surface area contributed by atoms with Crippen LogP contribution in [0, 0.1) is 5.41 Å². The fraction of sp³-hybridized carbons (Fsp3) is 0.786. The molecule has 0 aliphatic carbocycles. The Morgan fingerprint density at radius 1 is 1.25 bits per heavy atom. The number of hydrogen-bond acceptors (Lipinski definition) is 4. The fourth-order valence-electron chi connectivity index (χ4n) is 2.69. The van der Waals surface area contributed by atoms with Crippen LogP contribution in [-0.4, -0.2) is 48.8 Å². The first-order chi connectivity index (χ1) is 9.50. The van der Waals surface area contributed by atoms with Crippen molar-refractivity contribution in [1.29, 1.82) is 0 Å². The molecule has 2 saturated heterocycles. The molecule has 2 heterocycles. The lowest BCUT2D eigenvalue weighted by molar-refractivity contribution is -0.138. The smallest absolute Gasteiger partial charge is 0.229 e. The number of carbonyl (C=O) groups is 3. The van der Waals surface area contributed by atoms with E-state index >= 15 is 0 Å². The molecule has 6 heteroatoms. The molecule has 0 aromatic rings. The molecule has 0 unspecified atom stereocenters. The first-order valence-electron chi connectivity index (χ1n) is 7.31. The maximum absolute atomic E-state index is 11.8. The predicted molar refractivity (Wildman–Crippen MR) is 73.8 cm³/mol. The lowest BCUT2D eigenvalue weighted by Gasteiger charge is -2.34. The molecule has 0 atom stereocenters. The standard InChI is InChI=1S/C14H23N3O3/c1-14(5-7-15-8-6-14)10-16-11(18)4-9-17-12(19)2-3-13(17)20/h15H,2-10H2,1H3,(H,16,18). The zero-order valence-corrected chi connectivity index (χ0v) is 12.0. The second-order valence-corrected chi connectivity index (χ2v) is 6.03. The summed E-state index contributed by atoms with van der Waals surface area (Å²) in [5.41, 5.74) is 0.153. The highest BCUT2D eigenvalue weighted by Gasteiger charge is 2.30. The van der Waals surface area contributed by atoms with Gasteiger partial charge in [-0.3, -0.25) is 19.3 Å². The van der Waals surface area contributed by atoms with Gasteiger partial charge < -0.3 is 10.6 Å². The molecular weight excluding hydrogens is 258 g/mol. The quantitative estimate of drug-likeness (QED) is 0.697. The van der Waals surface area contributed by atoms with Crippen molar-refractivity contribution in [3.8, 4) is 0 Å². The van der Waals surface area contributed by atoms with Crippen LogP contribution in [0.4, 0.5) is 0 Å². The lowest BCUT2D eigenvalue weighted by atomic mass is 9.81. The van der Waals surface area contributed by atoms with Gasteiger partial charge in [-0.25, -0.2) is 0 Å². The predicted octanol–water partition coefficient (Wildman–Crippen LogP) is 0.0314. The lowest BCUT2D eigenvalue weighted by Crippen LogP contribution is -2.43. The van der Waals surface area contributed by atoms with Gasteiger partial charge in [0.2, 0.25) is 17.7 Å². The molecule has 2 N–H and O–H groups in total. The van der Waals surface area contributed by atoms with Crippen LogP contribution in [0.2, 0.25) is 0 Å². The summed E-state index contributed by atoms with van der Waals surface area (Å²) >= 11 is 0. The third-order valence-corrected chi connectivity index (χ3v) is 4.24. The van der Waals surface area contributed by atoms with Gasteiger partial charge in [0.15, 0.2) is 0 Å². The van der Waals surface area contributed by atoms with Crippen molar-refractivity contribution in [1.82, 2.24) is 15.5 Å². The average molecular weight is 281 g/mol. The molecule has 3 amide bonds. The number of nitrogens with zero attached hydrogens (tertiary/aromatic N) is 1. The fourth-order valence-corrected chi connectivity index (χ4v) is 2.69. The molecule has 0 radical (unpaired) electrons. The number of likely N-dealkylation sites (tertiary alicyclic amines) is 1. The maximum Gasteiger partial charge on any atom is 0.229 e. The van der Waals surface area contributed by atoms with E-state index in [1.165, 1.54) is 4.90 Å². The number of imide groups is 1. The number of piperidine rings is 1. The molecule has 112 valence electrons. The van der Waals surface area contributed by atoms with E-state index in [1.807, 2.05) is 0 Å². The van der Waals surface area contributed by atoms with E-state index in [1.54, 1.807) is 0 Å². The normalized spacial score (nSPS) is 22.1. The minimum atomic E-state index is -0.159. The second kappa shape index (κ2) is 6.35. The first-order valence-corrected chi connectivity index (χ1v) is 7.31. The molecule has 2 rings (SSSR count). The van der Waals surface area contributed by atoms with Gasteiger partial charge in [0, 0.05) is 32.4 Å². The van der Waals surface area contributed by atoms with Gasteiger partial charge in [0.25, 0.3) is 0 Å². The van der Waals surface area contributed by atoms with E-state index in [9.17, 15) is 14.4 Å². The first kappa shape index (κ1) is 15.0. The van der Waals surface area contributed by atoms with Crippen LogP contribution in [0.1, 0.15) is 39.0 Å². The number of amides is 3. The van der Waals surface area contributed by atoms with Gasteiger partial charge in [-0.1, -0.05) is 6.92 Å². The Bertz CT molecular complexity index is 386. The summed E-state index contributed by atoms with van der Waals surface area (Å²) < 4.78 is 0. The highest BCUT2D eigenvalue weighted by Crippen LogP contribution is 2.26. The summed E-state index contributed by atoms with van der Waals surface area (Å²) in [6, 6.07) is 0. The monoisotopic (exact) mass is 281 g/mol. The molecule has 0 spiro atoms. The van der Waals surface area contributed by atoms with Crippen molar-refractivity contribution < 1.29 is 14.4 Å². The van der Waals surface area contributed by atoms with E-state index in [4.69, 9.17) is 0 Å². The van der Waals surface area contributed by atoms with E-state index in [0.717, 1.165) is 25.9 Å². The summed E-state index contributed by atoms with van der Waals surface area (Å²) in [5, 5.41) is 6.24. The zero-order chi connectivity index (χ0) is 14.6. The molecule has 20 heavy (non-hydrogen) atoms. The van der Waals surface area contributed by atoms with Gasteiger partial charge in [0.1, 0.15) is 0 Å². The topological polar surface area (TPSA) is 78.5 Å². The zero-order valence-electron chi connectivity index (χ0n) is 12.0. The molecule has 0 saturated carbocycles. The van der Waals surface area contributed by atoms with Gasteiger partial charge in [-0.2, -0.15) is 0 Å². The van der Waals surface area contributed by atoms with Gasteiger partial charge in [-0.05, 0) is 31.3 Å². The summed E-state index contributed by atoms with van der Waals surface area (Å²) in [6.45, 7) is 5.03.